The van der Waals surface area contributed by atoms with E-state index in [4.69, 9.17) is 9.26 Å². The zero-order valence-corrected chi connectivity index (χ0v) is 16.2. The van der Waals surface area contributed by atoms with E-state index in [-0.39, 0.29) is 11.4 Å². The summed E-state index contributed by atoms with van der Waals surface area (Å²) < 4.78 is 11.9. The second-order valence-electron chi connectivity index (χ2n) is 8.50. The molecule has 4 nitrogen and oxygen atoms in total. The van der Waals surface area contributed by atoms with Gasteiger partial charge in [-0.3, -0.25) is 4.79 Å². The molecule has 0 N–H and O–H groups in total. The molecular weight excluding hydrogens is 294 g/mol. The smallest absolute Gasteiger partial charge is 0.306 e. The maximum absolute atomic E-state index is 12.4. The molecule has 128 valence electrons. The Labute approximate surface area is 136 Å². The molecule has 0 bridgehead atoms. The third-order valence-corrected chi connectivity index (χ3v) is 7.35. The van der Waals surface area contributed by atoms with Crippen molar-refractivity contribution in [2.75, 3.05) is 13.1 Å². The summed E-state index contributed by atoms with van der Waals surface area (Å²) in [5, 5.41) is 2.03. The van der Waals surface area contributed by atoms with Gasteiger partial charge in [0.15, 0.2) is 0 Å². The minimum atomic E-state index is -2.42. The lowest BCUT2D eigenvalue weighted by Gasteiger charge is -2.36. The molecule has 1 aliphatic rings. The van der Waals surface area contributed by atoms with E-state index in [9.17, 15) is 4.79 Å². The second-order valence-corrected chi connectivity index (χ2v) is 11.9. The van der Waals surface area contributed by atoms with Gasteiger partial charge in [0.25, 0.3) is 8.32 Å². The highest BCUT2D eigenvalue weighted by molar-refractivity contribution is 6.81. The lowest BCUT2D eigenvalue weighted by atomic mass is 10.0. The summed E-state index contributed by atoms with van der Waals surface area (Å²) in [5.74, 6) is -0.178. The van der Waals surface area contributed by atoms with E-state index < -0.39 is 13.9 Å². The monoisotopic (exact) mass is 327 g/mol. The van der Waals surface area contributed by atoms with Gasteiger partial charge in [-0.1, -0.05) is 26.5 Å². The lowest BCUT2D eigenvalue weighted by Crippen LogP contribution is -2.47. The fraction of sp³-hybridized carbons (Fsp3) is 0.824. The molecule has 1 rings (SSSR count). The number of ether oxygens (including phenoxy) is 1. The van der Waals surface area contributed by atoms with Crippen molar-refractivity contribution < 1.29 is 14.1 Å². The minimum Gasteiger partial charge on any atom is -0.460 e. The summed E-state index contributed by atoms with van der Waals surface area (Å²) in [6, 6.07) is 1.20. The Morgan fingerprint density at radius 3 is 2.14 bits per heavy atom. The van der Waals surface area contributed by atoms with Crippen molar-refractivity contribution in [2.24, 2.45) is 5.41 Å². The van der Waals surface area contributed by atoms with Gasteiger partial charge in [0.05, 0.1) is 6.04 Å². The maximum atomic E-state index is 12.4. The summed E-state index contributed by atoms with van der Waals surface area (Å²) in [6.07, 6.45) is 2.31. The number of esters is 1. The highest BCUT2D eigenvalue weighted by Crippen LogP contribution is 2.34. The fourth-order valence-corrected chi connectivity index (χ4v) is 6.54. The van der Waals surface area contributed by atoms with Gasteiger partial charge >= 0.3 is 5.97 Å². The summed E-state index contributed by atoms with van der Waals surface area (Å²) in [4.78, 5) is 12.4. The van der Waals surface area contributed by atoms with Crippen molar-refractivity contribution >= 4 is 14.3 Å². The molecule has 1 aliphatic heterocycles. The van der Waals surface area contributed by atoms with Gasteiger partial charge in [0.2, 0.25) is 0 Å². The van der Waals surface area contributed by atoms with Crippen molar-refractivity contribution in [1.82, 2.24) is 5.06 Å². The van der Waals surface area contributed by atoms with Gasteiger partial charge in [-0.2, -0.15) is 0 Å². The van der Waals surface area contributed by atoms with Gasteiger partial charge in [-0.05, 0) is 45.1 Å². The normalized spacial score (nSPS) is 19.7. The molecule has 0 spiro atoms. The van der Waals surface area contributed by atoms with Crippen LogP contribution in [0.25, 0.3) is 0 Å². The Balaban J connectivity index is 2.87. The number of rotatable bonds is 6. The quantitative estimate of drug-likeness (QED) is 0.544. The van der Waals surface area contributed by atoms with Crippen molar-refractivity contribution in [3.8, 4) is 0 Å². The van der Waals surface area contributed by atoms with Crippen LogP contribution in [0.5, 0.6) is 0 Å². The highest BCUT2D eigenvalue weighted by atomic mass is 28.4. The minimum absolute atomic E-state index is 0.0855. The van der Waals surface area contributed by atoms with Crippen LogP contribution in [0.1, 0.15) is 54.4 Å². The predicted molar refractivity (Wildman–Crippen MR) is 92.8 cm³/mol. The molecule has 5 heteroatoms. The summed E-state index contributed by atoms with van der Waals surface area (Å²) in [5.41, 5.74) is 1.54. The largest absolute Gasteiger partial charge is 0.460 e. The van der Waals surface area contributed by atoms with Gasteiger partial charge in [-0.15, -0.1) is 6.58 Å². The van der Waals surface area contributed by atoms with E-state index in [0.29, 0.717) is 6.04 Å². The lowest BCUT2D eigenvalue weighted by molar-refractivity contribution is -0.152. The van der Waals surface area contributed by atoms with Gasteiger partial charge in [0.1, 0.15) is 5.60 Å². The first-order valence-electron chi connectivity index (χ1n) is 8.24. The molecular formula is C17H33NO3Si. The number of hydrogen-bond acceptors (Lipinski definition) is 4. The third kappa shape index (κ3) is 7.07. The van der Waals surface area contributed by atoms with E-state index in [2.05, 4.69) is 27.4 Å². The van der Waals surface area contributed by atoms with Crippen molar-refractivity contribution in [3.05, 3.63) is 12.3 Å². The summed E-state index contributed by atoms with van der Waals surface area (Å²) in [7, 11) is -2.42. The maximum Gasteiger partial charge on any atom is 0.306 e. The molecule has 22 heavy (non-hydrogen) atoms. The van der Waals surface area contributed by atoms with Gasteiger partial charge in [-0.25, -0.2) is 5.06 Å². The Hall–Kier alpha value is -0.653. The van der Waals surface area contributed by atoms with E-state index in [1.54, 1.807) is 0 Å². The third-order valence-electron chi connectivity index (χ3n) is 3.44. The molecule has 1 unspecified atom stereocenters. The first-order valence-corrected chi connectivity index (χ1v) is 10.6. The number of carbonyl (C=O) groups is 1. The molecule has 1 heterocycles. The van der Waals surface area contributed by atoms with Crippen LogP contribution >= 0.6 is 0 Å². The van der Waals surface area contributed by atoms with Crippen LogP contribution in [0.2, 0.25) is 12.1 Å². The zero-order chi connectivity index (χ0) is 17.0. The standard InChI is InChI=1S/C17H33NO3Si/c1-8-22(14-16(2,3)4,21-18-11-9-10-12-18)13-15(19)20-17(5,6)7/h8H,1,9-14H2,2-7H3. The van der Waals surface area contributed by atoms with E-state index in [0.717, 1.165) is 32.0 Å². The Kier molecular flexibility index (Phi) is 6.42. The van der Waals surface area contributed by atoms with Crippen LogP contribution in [-0.4, -0.2) is 38.0 Å². The van der Waals surface area contributed by atoms with Crippen molar-refractivity contribution in [3.63, 3.8) is 0 Å². The molecule has 0 aromatic rings. The number of nitrogens with zero attached hydrogens (tertiary/aromatic N) is 1. The molecule has 1 atom stereocenters. The van der Waals surface area contributed by atoms with Crippen LogP contribution in [-0.2, 0) is 14.1 Å². The first kappa shape index (κ1) is 19.4. The fourth-order valence-electron chi connectivity index (χ4n) is 2.86. The first-order chi connectivity index (χ1) is 9.95. The average molecular weight is 328 g/mol. The number of hydrogen-bond donors (Lipinski definition) is 0. The van der Waals surface area contributed by atoms with Gasteiger partial charge in [0, 0.05) is 13.1 Å². The van der Waals surface area contributed by atoms with Crippen molar-refractivity contribution in [2.45, 2.75) is 72.1 Å². The van der Waals surface area contributed by atoms with E-state index >= 15 is 0 Å². The van der Waals surface area contributed by atoms with E-state index in [1.165, 1.54) is 0 Å². The Morgan fingerprint density at radius 1 is 1.18 bits per heavy atom. The molecule has 0 aromatic carbocycles. The van der Waals surface area contributed by atoms with Crippen LogP contribution in [0.15, 0.2) is 12.3 Å². The predicted octanol–water partition coefficient (Wildman–Crippen LogP) is 4.07. The molecule has 0 radical (unpaired) electrons. The highest BCUT2D eigenvalue weighted by Gasteiger charge is 2.42. The Bertz CT molecular complexity index is 392. The number of hydroxylamine groups is 2. The molecule has 1 saturated heterocycles. The molecule has 0 aromatic heterocycles. The molecule has 1 fully saturated rings. The second kappa shape index (κ2) is 7.28. The molecule has 0 amide bonds. The van der Waals surface area contributed by atoms with Crippen molar-refractivity contribution in [1.29, 1.82) is 0 Å². The van der Waals surface area contributed by atoms with Crippen LogP contribution < -0.4 is 0 Å². The topological polar surface area (TPSA) is 38.8 Å². The number of carbonyl (C=O) groups excluding carboxylic acids is 1. The van der Waals surface area contributed by atoms with Crippen LogP contribution in [0, 0.1) is 5.41 Å². The van der Waals surface area contributed by atoms with Crippen LogP contribution in [0.4, 0.5) is 0 Å². The SMILES string of the molecule is C=C[Si](CC(=O)OC(C)(C)C)(CC(C)(C)C)ON1CCCC1. The zero-order valence-electron chi connectivity index (χ0n) is 15.2. The van der Waals surface area contributed by atoms with Gasteiger partial charge < -0.3 is 9.26 Å². The van der Waals surface area contributed by atoms with Crippen LogP contribution in [0.3, 0.4) is 0 Å². The summed E-state index contributed by atoms with van der Waals surface area (Å²) >= 11 is 0. The molecule has 0 saturated carbocycles. The molecule has 0 aliphatic carbocycles. The average Bonchev–Trinajstić information content (AvgIpc) is 2.76. The Morgan fingerprint density at radius 2 is 1.73 bits per heavy atom. The summed E-state index contributed by atoms with van der Waals surface area (Å²) in [6.45, 7) is 18.1. The van der Waals surface area contributed by atoms with E-state index in [1.807, 2.05) is 31.5 Å².